The van der Waals surface area contributed by atoms with Crippen LogP contribution >= 0.6 is 0 Å². The molecule has 0 aromatic heterocycles. The third kappa shape index (κ3) is 3.86. The van der Waals surface area contributed by atoms with Crippen LogP contribution in [-0.2, 0) is 4.79 Å². The largest absolute Gasteiger partial charge is 0.327 e. The van der Waals surface area contributed by atoms with E-state index in [0.717, 1.165) is 6.42 Å². The van der Waals surface area contributed by atoms with E-state index in [1.807, 2.05) is 13.8 Å². The summed E-state index contributed by atoms with van der Waals surface area (Å²) in [6, 6.07) is -0.0124. The molecule has 0 aromatic carbocycles. The highest BCUT2D eigenvalue weighted by Crippen LogP contribution is 2.12. The SMILES string of the molecule is CCC(C)CC(=O)C(C)C(C)N. The van der Waals surface area contributed by atoms with Crippen molar-refractivity contribution < 1.29 is 4.79 Å². The normalized spacial score (nSPS) is 18.4. The number of ketones is 1. The highest BCUT2D eigenvalue weighted by atomic mass is 16.1. The lowest BCUT2D eigenvalue weighted by Gasteiger charge is -2.16. The van der Waals surface area contributed by atoms with Crippen LogP contribution in [0.5, 0.6) is 0 Å². The molecule has 0 aliphatic rings. The van der Waals surface area contributed by atoms with Crippen LogP contribution in [0.25, 0.3) is 0 Å². The van der Waals surface area contributed by atoms with Gasteiger partial charge in [0, 0.05) is 18.4 Å². The van der Waals surface area contributed by atoms with Crippen molar-refractivity contribution in [3.05, 3.63) is 0 Å². The van der Waals surface area contributed by atoms with Crippen molar-refractivity contribution in [3.63, 3.8) is 0 Å². The minimum absolute atomic E-state index is 0.0124. The van der Waals surface area contributed by atoms with E-state index in [0.29, 0.717) is 18.1 Å². The number of hydrogen-bond donors (Lipinski definition) is 1. The Balaban J connectivity index is 3.87. The Kier molecular flexibility index (Phi) is 5.14. The molecule has 0 aliphatic carbocycles. The quantitative estimate of drug-likeness (QED) is 0.687. The van der Waals surface area contributed by atoms with Crippen LogP contribution in [0.4, 0.5) is 0 Å². The average molecular weight is 171 g/mol. The van der Waals surface area contributed by atoms with E-state index in [1.54, 1.807) is 0 Å². The lowest BCUT2D eigenvalue weighted by Crippen LogP contribution is -2.31. The fourth-order valence-corrected chi connectivity index (χ4v) is 0.967. The summed E-state index contributed by atoms with van der Waals surface area (Å²) in [6.07, 6.45) is 1.75. The first-order valence-corrected chi connectivity index (χ1v) is 4.77. The highest BCUT2D eigenvalue weighted by molar-refractivity contribution is 5.81. The number of Topliss-reactive ketones (excluding diaryl/α,β-unsaturated/α-hetero) is 1. The van der Waals surface area contributed by atoms with Crippen LogP contribution in [0.2, 0.25) is 0 Å². The van der Waals surface area contributed by atoms with Gasteiger partial charge in [0.2, 0.25) is 0 Å². The Bertz CT molecular complexity index is 143. The molecule has 3 atom stereocenters. The molecule has 2 N–H and O–H groups in total. The molecule has 72 valence electrons. The van der Waals surface area contributed by atoms with E-state index in [4.69, 9.17) is 5.73 Å². The first-order valence-electron chi connectivity index (χ1n) is 4.77. The molecule has 2 nitrogen and oxygen atoms in total. The summed E-state index contributed by atoms with van der Waals surface area (Å²) in [5.41, 5.74) is 5.63. The van der Waals surface area contributed by atoms with Gasteiger partial charge in [-0.05, 0) is 12.8 Å². The fraction of sp³-hybridized carbons (Fsp3) is 0.900. The van der Waals surface area contributed by atoms with Gasteiger partial charge in [0.15, 0.2) is 0 Å². The maximum Gasteiger partial charge on any atom is 0.137 e. The van der Waals surface area contributed by atoms with Gasteiger partial charge in [-0.15, -0.1) is 0 Å². The molecule has 0 spiro atoms. The van der Waals surface area contributed by atoms with Crippen molar-refractivity contribution in [2.75, 3.05) is 0 Å². The Morgan fingerprint density at radius 3 is 2.17 bits per heavy atom. The van der Waals surface area contributed by atoms with Crippen molar-refractivity contribution in [1.29, 1.82) is 0 Å². The van der Waals surface area contributed by atoms with Gasteiger partial charge in [-0.25, -0.2) is 0 Å². The summed E-state index contributed by atoms with van der Waals surface area (Å²) in [7, 11) is 0. The van der Waals surface area contributed by atoms with E-state index >= 15 is 0 Å². The second kappa shape index (κ2) is 5.31. The van der Waals surface area contributed by atoms with Crippen LogP contribution in [0.15, 0.2) is 0 Å². The van der Waals surface area contributed by atoms with Gasteiger partial charge in [-0.2, -0.15) is 0 Å². The lowest BCUT2D eigenvalue weighted by atomic mass is 9.91. The summed E-state index contributed by atoms with van der Waals surface area (Å²) in [6.45, 7) is 8.01. The van der Waals surface area contributed by atoms with E-state index < -0.39 is 0 Å². The summed E-state index contributed by atoms with van der Waals surface area (Å²) < 4.78 is 0. The van der Waals surface area contributed by atoms with Gasteiger partial charge in [-0.3, -0.25) is 4.79 Å². The number of rotatable bonds is 5. The van der Waals surface area contributed by atoms with Gasteiger partial charge >= 0.3 is 0 Å². The maximum absolute atomic E-state index is 11.5. The fourth-order valence-electron chi connectivity index (χ4n) is 0.967. The molecule has 0 bridgehead atoms. The Hall–Kier alpha value is -0.370. The predicted molar refractivity (Wildman–Crippen MR) is 51.9 cm³/mol. The molecule has 12 heavy (non-hydrogen) atoms. The van der Waals surface area contributed by atoms with Crippen LogP contribution in [-0.4, -0.2) is 11.8 Å². The molecule has 0 heterocycles. The molecule has 0 saturated heterocycles. The minimum Gasteiger partial charge on any atom is -0.327 e. The zero-order valence-corrected chi connectivity index (χ0v) is 8.63. The first kappa shape index (κ1) is 11.6. The van der Waals surface area contributed by atoms with Gasteiger partial charge in [0.05, 0.1) is 0 Å². The Morgan fingerprint density at radius 1 is 1.33 bits per heavy atom. The molecule has 0 radical (unpaired) electrons. The van der Waals surface area contributed by atoms with Gasteiger partial charge in [-0.1, -0.05) is 27.2 Å². The van der Waals surface area contributed by atoms with Crippen LogP contribution in [0, 0.1) is 11.8 Å². The summed E-state index contributed by atoms with van der Waals surface area (Å²) >= 11 is 0. The van der Waals surface area contributed by atoms with E-state index in [9.17, 15) is 4.79 Å². The number of hydrogen-bond acceptors (Lipinski definition) is 2. The number of nitrogens with two attached hydrogens (primary N) is 1. The molecule has 0 rings (SSSR count). The van der Waals surface area contributed by atoms with Crippen molar-refractivity contribution in [3.8, 4) is 0 Å². The molecule has 0 saturated carbocycles. The van der Waals surface area contributed by atoms with E-state index in [-0.39, 0.29) is 12.0 Å². The van der Waals surface area contributed by atoms with E-state index in [1.165, 1.54) is 0 Å². The summed E-state index contributed by atoms with van der Waals surface area (Å²) in [5.74, 6) is 0.817. The van der Waals surface area contributed by atoms with Crippen LogP contribution < -0.4 is 5.73 Å². The molecule has 0 amide bonds. The summed E-state index contributed by atoms with van der Waals surface area (Å²) in [4.78, 5) is 11.5. The molecular weight excluding hydrogens is 150 g/mol. The predicted octanol–water partition coefficient (Wildman–Crippen LogP) is 1.98. The minimum atomic E-state index is -0.0124. The third-order valence-electron chi connectivity index (χ3n) is 2.54. The zero-order chi connectivity index (χ0) is 9.72. The molecule has 0 aromatic rings. The van der Waals surface area contributed by atoms with Crippen molar-refractivity contribution in [2.45, 2.75) is 46.6 Å². The monoisotopic (exact) mass is 171 g/mol. The lowest BCUT2D eigenvalue weighted by molar-refractivity contribution is -0.123. The van der Waals surface area contributed by atoms with Crippen LogP contribution in [0.3, 0.4) is 0 Å². The molecule has 3 unspecified atom stereocenters. The zero-order valence-electron chi connectivity index (χ0n) is 8.63. The van der Waals surface area contributed by atoms with Gasteiger partial charge in [0.25, 0.3) is 0 Å². The van der Waals surface area contributed by atoms with Crippen LogP contribution in [0.1, 0.15) is 40.5 Å². The maximum atomic E-state index is 11.5. The topological polar surface area (TPSA) is 43.1 Å². The molecular formula is C10H21NO. The molecule has 0 aliphatic heterocycles. The average Bonchev–Trinajstić information content (AvgIpc) is 2.02. The third-order valence-corrected chi connectivity index (χ3v) is 2.54. The van der Waals surface area contributed by atoms with E-state index in [2.05, 4.69) is 13.8 Å². The Morgan fingerprint density at radius 2 is 1.83 bits per heavy atom. The second-order valence-electron chi connectivity index (χ2n) is 3.83. The van der Waals surface area contributed by atoms with Gasteiger partial charge in [0.1, 0.15) is 5.78 Å². The summed E-state index contributed by atoms with van der Waals surface area (Å²) in [5, 5.41) is 0. The standard InChI is InChI=1S/C10H21NO/c1-5-7(2)6-10(12)8(3)9(4)11/h7-9H,5-6,11H2,1-4H3. The highest BCUT2D eigenvalue weighted by Gasteiger charge is 2.18. The first-order chi connectivity index (χ1) is 5.49. The number of carbonyl (C=O) groups is 1. The smallest absolute Gasteiger partial charge is 0.137 e. The van der Waals surface area contributed by atoms with Crippen molar-refractivity contribution in [2.24, 2.45) is 17.6 Å². The second-order valence-corrected chi connectivity index (χ2v) is 3.83. The Labute approximate surface area is 75.5 Å². The van der Waals surface area contributed by atoms with Crippen molar-refractivity contribution in [1.82, 2.24) is 0 Å². The number of carbonyl (C=O) groups excluding carboxylic acids is 1. The molecule has 0 fully saturated rings. The van der Waals surface area contributed by atoms with Gasteiger partial charge < -0.3 is 5.73 Å². The van der Waals surface area contributed by atoms with Crippen molar-refractivity contribution >= 4 is 5.78 Å². The molecule has 2 heteroatoms.